The molecule has 1 aromatic heterocycles. The first kappa shape index (κ1) is 26.5. The van der Waals surface area contributed by atoms with Crippen molar-refractivity contribution in [3.63, 3.8) is 0 Å². The normalized spacial score (nSPS) is 11.7. The highest BCUT2D eigenvalue weighted by Gasteiger charge is 2.26. The number of amides is 2. The minimum atomic E-state index is -0.424. The van der Waals surface area contributed by atoms with Gasteiger partial charge in [0.15, 0.2) is 0 Å². The minimum Gasteiger partial charge on any atom is -0.466 e. The van der Waals surface area contributed by atoms with Gasteiger partial charge in [-0.3, -0.25) is 14.4 Å². The minimum absolute atomic E-state index is 0.00154. The Labute approximate surface area is 199 Å². The maximum absolute atomic E-state index is 13.4. The fourth-order valence-corrected chi connectivity index (χ4v) is 4.24. The monoisotopic (exact) mass is 476 g/mol. The SMILES string of the molecule is CCOC(=O)CCC(=O)N(CC(=O)N(Cc1ccc(F)cc1)Cc1sccc1C)C(C)CC. The standard InChI is InChI=1S/C25H33FN2O4S/c1-5-19(4)28(23(29)11-12-25(31)32-6-2)17-24(30)27(16-22-18(3)13-14-33-22)15-20-7-9-21(26)10-8-20/h7-10,13-14,19H,5-6,11-12,15-17H2,1-4H3. The number of carbonyl (C=O) groups excluding carboxylic acids is 3. The molecule has 8 heteroatoms. The van der Waals surface area contributed by atoms with Crippen molar-refractivity contribution < 1.29 is 23.5 Å². The third kappa shape index (κ3) is 8.28. The third-order valence-corrected chi connectivity index (χ3v) is 6.55. The summed E-state index contributed by atoms with van der Waals surface area (Å²) in [6.07, 6.45) is 0.667. The highest BCUT2D eigenvalue weighted by atomic mass is 32.1. The number of hydrogen-bond donors (Lipinski definition) is 0. The lowest BCUT2D eigenvalue weighted by molar-refractivity contribution is -0.147. The Hall–Kier alpha value is -2.74. The number of hydrogen-bond acceptors (Lipinski definition) is 5. The van der Waals surface area contributed by atoms with E-state index in [9.17, 15) is 18.8 Å². The lowest BCUT2D eigenvalue weighted by Gasteiger charge is -2.31. The molecule has 1 aromatic carbocycles. The van der Waals surface area contributed by atoms with Gasteiger partial charge in [-0.2, -0.15) is 0 Å². The third-order valence-electron chi connectivity index (χ3n) is 5.54. The zero-order valence-electron chi connectivity index (χ0n) is 19.8. The molecule has 180 valence electrons. The zero-order chi connectivity index (χ0) is 24.4. The Balaban J connectivity index is 2.18. The number of rotatable bonds is 12. The molecule has 1 heterocycles. The van der Waals surface area contributed by atoms with E-state index in [1.165, 1.54) is 12.1 Å². The maximum Gasteiger partial charge on any atom is 0.306 e. The number of ether oxygens (including phenoxy) is 1. The quantitative estimate of drug-likeness (QED) is 0.417. The van der Waals surface area contributed by atoms with Crippen molar-refractivity contribution in [2.45, 2.75) is 66.1 Å². The molecule has 2 aromatic rings. The average molecular weight is 477 g/mol. The molecule has 0 aliphatic heterocycles. The van der Waals surface area contributed by atoms with Crippen molar-refractivity contribution in [2.24, 2.45) is 0 Å². The Morgan fingerprint density at radius 3 is 2.30 bits per heavy atom. The number of aryl methyl sites for hydroxylation is 1. The van der Waals surface area contributed by atoms with Crippen LogP contribution in [0.1, 0.15) is 56.0 Å². The number of carbonyl (C=O) groups is 3. The smallest absolute Gasteiger partial charge is 0.306 e. The largest absolute Gasteiger partial charge is 0.466 e. The number of benzene rings is 1. The molecule has 0 bridgehead atoms. The molecule has 33 heavy (non-hydrogen) atoms. The fraction of sp³-hybridized carbons (Fsp3) is 0.480. The molecule has 0 saturated carbocycles. The van der Waals surface area contributed by atoms with E-state index in [-0.39, 0.29) is 49.7 Å². The van der Waals surface area contributed by atoms with E-state index in [2.05, 4.69) is 0 Å². The molecular formula is C25H33FN2O4S. The Morgan fingerprint density at radius 2 is 1.73 bits per heavy atom. The Morgan fingerprint density at radius 1 is 1.03 bits per heavy atom. The van der Waals surface area contributed by atoms with Crippen LogP contribution in [0.25, 0.3) is 0 Å². The van der Waals surface area contributed by atoms with E-state index in [1.807, 2.05) is 32.2 Å². The number of thiophene rings is 1. The maximum atomic E-state index is 13.4. The van der Waals surface area contributed by atoms with Crippen LogP contribution in [0.4, 0.5) is 4.39 Å². The highest BCUT2D eigenvalue weighted by Crippen LogP contribution is 2.20. The van der Waals surface area contributed by atoms with Gasteiger partial charge in [0, 0.05) is 23.9 Å². The van der Waals surface area contributed by atoms with E-state index in [4.69, 9.17) is 4.74 Å². The first-order valence-corrected chi connectivity index (χ1v) is 12.1. The van der Waals surface area contributed by atoms with E-state index >= 15 is 0 Å². The molecule has 0 N–H and O–H groups in total. The van der Waals surface area contributed by atoms with E-state index in [0.29, 0.717) is 19.5 Å². The molecule has 0 aliphatic carbocycles. The van der Waals surface area contributed by atoms with Gasteiger partial charge in [-0.25, -0.2) is 4.39 Å². The summed E-state index contributed by atoms with van der Waals surface area (Å²) in [6, 6.07) is 7.92. The Kier molecular flexibility index (Phi) is 10.5. The molecule has 6 nitrogen and oxygen atoms in total. The molecule has 0 saturated heterocycles. The average Bonchev–Trinajstić information content (AvgIpc) is 3.20. The second-order valence-corrected chi connectivity index (χ2v) is 8.99. The summed E-state index contributed by atoms with van der Waals surface area (Å²) in [5.74, 6) is -1.20. The van der Waals surface area contributed by atoms with Gasteiger partial charge in [-0.1, -0.05) is 19.1 Å². The second kappa shape index (κ2) is 13.1. The van der Waals surface area contributed by atoms with Gasteiger partial charge in [-0.15, -0.1) is 11.3 Å². The van der Waals surface area contributed by atoms with Crippen LogP contribution in [0.2, 0.25) is 0 Å². The van der Waals surface area contributed by atoms with Crippen molar-refractivity contribution in [3.05, 3.63) is 57.5 Å². The Bertz CT molecular complexity index is 929. The molecule has 0 aliphatic rings. The van der Waals surface area contributed by atoms with E-state index in [0.717, 1.165) is 16.0 Å². The van der Waals surface area contributed by atoms with Crippen molar-refractivity contribution >= 4 is 29.1 Å². The van der Waals surface area contributed by atoms with Crippen LogP contribution in [0.3, 0.4) is 0 Å². The molecule has 0 fully saturated rings. The zero-order valence-corrected chi connectivity index (χ0v) is 20.6. The highest BCUT2D eigenvalue weighted by molar-refractivity contribution is 7.10. The molecule has 1 atom stereocenters. The van der Waals surface area contributed by atoms with Gasteiger partial charge in [0.05, 0.1) is 19.6 Å². The predicted octanol–water partition coefficient (Wildman–Crippen LogP) is 4.69. The summed E-state index contributed by atoms with van der Waals surface area (Å²) in [4.78, 5) is 42.3. The molecule has 1 unspecified atom stereocenters. The van der Waals surface area contributed by atoms with E-state index in [1.54, 1.807) is 40.2 Å². The molecule has 2 rings (SSSR count). The van der Waals surface area contributed by atoms with Crippen LogP contribution in [0.15, 0.2) is 35.7 Å². The van der Waals surface area contributed by atoms with Gasteiger partial charge in [0.25, 0.3) is 0 Å². The van der Waals surface area contributed by atoms with Gasteiger partial charge in [0.1, 0.15) is 12.4 Å². The first-order chi connectivity index (χ1) is 15.7. The number of nitrogens with zero attached hydrogens (tertiary/aromatic N) is 2. The summed E-state index contributed by atoms with van der Waals surface area (Å²) < 4.78 is 18.3. The summed E-state index contributed by atoms with van der Waals surface area (Å²) in [6.45, 7) is 8.46. The van der Waals surface area contributed by atoms with Crippen molar-refractivity contribution in [1.29, 1.82) is 0 Å². The van der Waals surface area contributed by atoms with E-state index < -0.39 is 5.97 Å². The summed E-state index contributed by atoms with van der Waals surface area (Å²) in [5, 5.41) is 1.98. The molecule has 0 radical (unpaired) electrons. The van der Waals surface area contributed by atoms with Gasteiger partial charge >= 0.3 is 5.97 Å². The van der Waals surface area contributed by atoms with Crippen molar-refractivity contribution in [3.8, 4) is 0 Å². The topological polar surface area (TPSA) is 66.9 Å². The van der Waals surface area contributed by atoms with Gasteiger partial charge in [0.2, 0.25) is 11.8 Å². The van der Waals surface area contributed by atoms with Crippen LogP contribution in [-0.2, 0) is 32.2 Å². The van der Waals surface area contributed by atoms with Crippen LogP contribution in [0, 0.1) is 12.7 Å². The number of esters is 1. The lowest BCUT2D eigenvalue weighted by atomic mass is 10.1. The second-order valence-electron chi connectivity index (χ2n) is 7.99. The first-order valence-electron chi connectivity index (χ1n) is 11.2. The van der Waals surface area contributed by atoms with Gasteiger partial charge in [-0.05, 0) is 61.9 Å². The molecule has 2 amide bonds. The predicted molar refractivity (Wildman–Crippen MR) is 127 cm³/mol. The number of halogens is 1. The summed E-state index contributed by atoms with van der Waals surface area (Å²) in [7, 11) is 0. The van der Waals surface area contributed by atoms with Crippen LogP contribution < -0.4 is 0 Å². The van der Waals surface area contributed by atoms with Crippen molar-refractivity contribution in [1.82, 2.24) is 9.80 Å². The summed E-state index contributed by atoms with van der Waals surface area (Å²) >= 11 is 1.57. The van der Waals surface area contributed by atoms with Crippen LogP contribution in [0.5, 0.6) is 0 Å². The van der Waals surface area contributed by atoms with Crippen molar-refractivity contribution in [2.75, 3.05) is 13.2 Å². The lowest BCUT2D eigenvalue weighted by Crippen LogP contribution is -2.46. The summed E-state index contributed by atoms with van der Waals surface area (Å²) in [5.41, 5.74) is 1.91. The van der Waals surface area contributed by atoms with Gasteiger partial charge < -0.3 is 14.5 Å². The van der Waals surface area contributed by atoms with Crippen LogP contribution in [-0.4, -0.2) is 46.8 Å². The molecular weight excluding hydrogens is 443 g/mol. The van der Waals surface area contributed by atoms with Crippen LogP contribution >= 0.6 is 11.3 Å². The molecule has 0 spiro atoms. The fourth-order valence-electron chi connectivity index (χ4n) is 3.32.